The maximum Gasteiger partial charge on any atom is 0.243 e. The average molecular weight is 435 g/mol. The van der Waals surface area contributed by atoms with Crippen molar-refractivity contribution in [1.82, 2.24) is 10.2 Å². The van der Waals surface area contributed by atoms with Crippen LogP contribution in [0.3, 0.4) is 0 Å². The Bertz CT molecular complexity index is 911. The van der Waals surface area contributed by atoms with Gasteiger partial charge < -0.3 is 10.2 Å². The van der Waals surface area contributed by atoms with Gasteiger partial charge in [0.15, 0.2) is 0 Å². The first-order valence-corrected chi connectivity index (χ1v) is 12.1. The van der Waals surface area contributed by atoms with Crippen molar-refractivity contribution >= 4 is 11.8 Å². The number of carbonyl (C=O) groups excluding carboxylic acids is 2. The predicted octanol–water partition coefficient (Wildman–Crippen LogP) is 5.41. The molecule has 3 rings (SSSR count). The number of carbonyl (C=O) groups is 2. The Kier molecular flexibility index (Phi) is 8.49. The largest absolute Gasteiger partial charge is 0.352 e. The van der Waals surface area contributed by atoms with E-state index in [0.717, 1.165) is 40.7 Å². The van der Waals surface area contributed by atoms with Crippen molar-refractivity contribution in [2.75, 3.05) is 0 Å². The summed E-state index contributed by atoms with van der Waals surface area (Å²) in [6, 6.07) is 14.1. The maximum absolute atomic E-state index is 13.6. The van der Waals surface area contributed by atoms with E-state index >= 15 is 0 Å². The number of benzene rings is 2. The van der Waals surface area contributed by atoms with Gasteiger partial charge in [-0.3, -0.25) is 9.59 Å². The van der Waals surface area contributed by atoms with Gasteiger partial charge in [-0.2, -0.15) is 0 Å². The monoisotopic (exact) mass is 434 g/mol. The molecular formula is C28H38N2O2. The van der Waals surface area contributed by atoms with Gasteiger partial charge in [0.1, 0.15) is 6.04 Å². The number of amides is 2. The summed E-state index contributed by atoms with van der Waals surface area (Å²) in [4.78, 5) is 28.7. The van der Waals surface area contributed by atoms with Crippen LogP contribution in [0.1, 0.15) is 73.3 Å². The first-order valence-electron chi connectivity index (χ1n) is 12.1. The quantitative estimate of drug-likeness (QED) is 0.604. The van der Waals surface area contributed by atoms with Crippen molar-refractivity contribution in [3.8, 4) is 0 Å². The van der Waals surface area contributed by atoms with Crippen LogP contribution in [-0.2, 0) is 22.6 Å². The van der Waals surface area contributed by atoms with Gasteiger partial charge in [-0.15, -0.1) is 0 Å². The van der Waals surface area contributed by atoms with Crippen molar-refractivity contribution in [3.63, 3.8) is 0 Å². The molecule has 2 amide bonds. The minimum atomic E-state index is -0.463. The number of hydrogen-bond donors (Lipinski definition) is 1. The van der Waals surface area contributed by atoms with E-state index in [2.05, 4.69) is 56.4 Å². The molecule has 0 heterocycles. The van der Waals surface area contributed by atoms with Crippen molar-refractivity contribution < 1.29 is 9.59 Å². The van der Waals surface area contributed by atoms with Crippen molar-refractivity contribution in [1.29, 1.82) is 0 Å². The van der Waals surface area contributed by atoms with Gasteiger partial charge in [0.2, 0.25) is 11.8 Å². The molecule has 0 radical (unpaired) electrons. The highest BCUT2D eigenvalue weighted by molar-refractivity contribution is 5.88. The normalized spacial score (nSPS) is 15.2. The lowest BCUT2D eigenvalue weighted by Crippen LogP contribution is -2.52. The summed E-state index contributed by atoms with van der Waals surface area (Å²) in [6.45, 7) is 8.62. The summed E-state index contributed by atoms with van der Waals surface area (Å²) < 4.78 is 0. The molecule has 1 atom stereocenters. The summed E-state index contributed by atoms with van der Waals surface area (Å²) >= 11 is 0. The minimum Gasteiger partial charge on any atom is -0.352 e. The molecule has 2 aromatic carbocycles. The molecule has 0 spiro atoms. The van der Waals surface area contributed by atoms with E-state index < -0.39 is 6.04 Å². The maximum atomic E-state index is 13.6. The van der Waals surface area contributed by atoms with Crippen LogP contribution in [0.25, 0.3) is 0 Å². The predicted molar refractivity (Wildman–Crippen MR) is 130 cm³/mol. The molecule has 1 aliphatic carbocycles. The van der Waals surface area contributed by atoms with Crippen molar-refractivity contribution in [3.05, 3.63) is 70.3 Å². The third-order valence-corrected chi connectivity index (χ3v) is 6.58. The Morgan fingerprint density at radius 1 is 1.00 bits per heavy atom. The third-order valence-electron chi connectivity index (χ3n) is 6.58. The van der Waals surface area contributed by atoms with Crippen LogP contribution >= 0.6 is 0 Å². The highest BCUT2D eigenvalue weighted by Crippen LogP contribution is 2.21. The van der Waals surface area contributed by atoms with Crippen LogP contribution in [0, 0.1) is 20.8 Å². The summed E-state index contributed by atoms with van der Waals surface area (Å²) in [5.41, 5.74) is 5.54. The van der Waals surface area contributed by atoms with Gasteiger partial charge in [-0.05, 0) is 56.7 Å². The lowest BCUT2D eigenvalue weighted by molar-refractivity contribution is -0.141. The molecule has 1 aliphatic rings. The number of rotatable bonds is 8. The molecule has 0 aromatic heterocycles. The van der Waals surface area contributed by atoms with Gasteiger partial charge in [0, 0.05) is 12.6 Å². The Labute approximate surface area is 193 Å². The second kappa shape index (κ2) is 11.3. The van der Waals surface area contributed by atoms with Crippen LogP contribution in [0.15, 0.2) is 42.5 Å². The van der Waals surface area contributed by atoms with Crippen LogP contribution < -0.4 is 5.32 Å². The van der Waals surface area contributed by atoms with E-state index in [4.69, 9.17) is 0 Å². The molecule has 2 aromatic rings. The van der Waals surface area contributed by atoms with Gasteiger partial charge in [-0.1, -0.05) is 79.8 Å². The molecule has 4 nitrogen and oxygen atoms in total. The fourth-order valence-corrected chi connectivity index (χ4v) is 4.88. The number of hydrogen-bond acceptors (Lipinski definition) is 2. The van der Waals surface area contributed by atoms with E-state index in [1.54, 1.807) is 4.90 Å². The SMILES string of the molecule is CC[C@H](C(=O)NC1CCCCC1)N(Cc1ccccc1C)C(=O)Cc1cc(C)cc(C)c1. The lowest BCUT2D eigenvalue weighted by Gasteiger charge is -2.33. The zero-order valence-corrected chi connectivity index (χ0v) is 20.1. The Hall–Kier alpha value is -2.62. The zero-order valence-electron chi connectivity index (χ0n) is 20.1. The Morgan fingerprint density at radius 3 is 2.28 bits per heavy atom. The number of aryl methyl sites for hydroxylation is 3. The Balaban J connectivity index is 1.84. The molecule has 0 unspecified atom stereocenters. The van der Waals surface area contributed by atoms with Gasteiger partial charge in [0.25, 0.3) is 0 Å². The van der Waals surface area contributed by atoms with Gasteiger partial charge in [0.05, 0.1) is 6.42 Å². The Morgan fingerprint density at radius 2 is 1.66 bits per heavy atom. The van der Waals surface area contributed by atoms with E-state index in [9.17, 15) is 9.59 Å². The topological polar surface area (TPSA) is 49.4 Å². The lowest BCUT2D eigenvalue weighted by atomic mass is 9.95. The third kappa shape index (κ3) is 6.44. The zero-order chi connectivity index (χ0) is 23.1. The molecule has 172 valence electrons. The standard InChI is InChI=1S/C28H38N2O2/c1-5-26(28(32)29-25-13-7-6-8-14-25)30(19-24-12-10-9-11-22(24)4)27(31)18-23-16-20(2)15-21(3)17-23/h9-12,15-17,25-26H,5-8,13-14,18-19H2,1-4H3,(H,29,32)/t26-/m1/s1. The molecule has 0 saturated heterocycles. The summed E-state index contributed by atoms with van der Waals surface area (Å²) in [5.74, 6) is -0.00865. The van der Waals surface area contributed by atoms with E-state index in [1.165, 1.54) is 19.3 Å². The molecule has 1 saturated carbocycles. The van der Waals surface area contributed by atoms with Crippen LogP contribution in [-0.4, -0.2) is 28.8 Å². The fourth-order valence-electron chi connectivity index (χ4n) is 4.88. The molecule has 0 aliphatic heterocycles. The van der Waals surface area contributed by atoms with Gasteiger partial charge in [-0.25, -0.2) is 0 Å². The highest BCUT2D eigenvalue weighted by atomic mass is 16.2. The van der Waals surface area contributed by atoms with E-state index in [1.807, 2.05) is 19.1 Å². The van der Waals surface area contributed by atoms with E-state index in [-0.39, 0.29) is 17.9 Å². The minimum absolute atomic E-state index is 0.00361. The number of nitrogens with one attached hydrogen (secondary N) is 1. The summed E-state index contributed by atoms with van der Waals surface area (Å²) in [6.07, 6.45) is 6.57. The molecule has 4 heteroatoms. The van der Waals surface area contributed by atoms with Gasteiger partial charge >= 0.3 is 0 Å². The van der Waals surface area contributed by atoms with E-state index in [0.29, 0.717) is 19.4 Å². The molecular weight excluding hydrogens is 396 g/mol. The first kappa shape index (κ1) is 24.0. The fraction of sp³-hybridized carbons (Fsp3) is 0.500. The second-order valence-electron chi connectivity index (χ2n) is 9.39. The number of nitrogens with zero attached hydrogens (tertiary/aromatic N) is 1. The molecule has 1 fully saturated rings. The smallest absolute Gasteiger partial charge is 0.243 e. The van der Waals surface area contributed by atoms with Crippen LogP contribution in [0.4, 0.5) is 0 Å². The second-order valence-corrected chi connectivity index (χ2v) is 9.39. The summed E-state index contributed by atoms with van der Waals surface area (Å²) in [5, 5.41) is 3.25. The van der Waals surface area contributed by atoms with Crippen molar-refractivity contribution in [2.24, 2.45) is 0 Å². The average Bonchev–Trinajstić information content (AvgIpc) is 2.75. The molecule has 1 N–H and O–H groups in total. The van der Waals surface area contributed by atoms with Crippen LogP contribution in [0.5, 0.6) is 0 Å². The molecule has 32 heavy (non-hydrogen) atoms. The summed E-state index contributed by atoms with van der Waals surface area (Å²) in [7, 11) is 0. The molecule has 0 bridgehead atoms. The van der Waals surface area contributed by atoms with Crippen molar-refractivity contribution in [2.45, 2.75) is 91.3 Å². The van der Waals surface area contributed by atoms with Crippen LogP contribution in [0.2, 0.25) is 0 Å². The first-order chi connectivity index (χ1) is 15.4. The highest BCUT2D eigenvalue weighted by Gasteiger charge is 2.30.